The number of hydrogen-bond acceptors (Lipinski definition) is 3. The van der Waals surface area contributed by atoms with Crippen molar-refractivity contribution in [3.05, 3.63) is 28.8 Å². The van der Waals surface area contributed by atoms with Gasteiger partial charge in [0.1, 0.15) is 11.8 Å². The minimum atomic E-state index is -0.362. The monoisotopic (exact) mass is 350 g/mol. The van der Waals surface area contributed by atoms with Gasteiger partial charge in [-0.25, -0.2) is 0 Å². The predicted molar refractivity (Wildman–Crippen MR) is 92.5 cm³/mol. The Hall–Kier alpha value is -1.75. The molecule has 6 heteroatoms. The third-order valence-corrected chi connectivity index (χ3v) is 5.09. The Morgan fingerprint density at radius 3 is 2.58 bits per heavy atom. The highest BCUT2D eigenvalue weighted by Crippen LogP contribution is 2.28. The van der Waals surface area contributed by atoms with Gasteiger partial charge in [-0.05, 0) is 50.3 Å². The molecule has 3 rings (SSSR count). The lowest BCUT2D eigenvalue weighted by Crippen LogP contribution is -2.49. The molecule has 2 fully saturated rings. The van der Waals surface area contributed by atoms with Crippen molar-refractivity contribution in [2.24, 2.45) is 0 Å². The van der Waals surface area contributed by atoms with Gasteiger partial charge in [0, 0.05) is 24.7 Å². The van der Waals surface area contributed by atoms with Gasteiger partial charge in [-0.2, -0.15) is 0 Å². The average Bonchev–Trinajstić information content (AvgIpc) is 3.10. The van der Waals surface area contributed by atoms with E-state index in [-0.39, 0.29) is 17.9 Å². The van der Waals surface area contributed by atoms with Crippen LogP contribution in [0, 0.1) is 0 Å². The number of benzene rings is 1. The van der Waals surface area contributed by atoms with Gasteiger partial charge in [-0.15, -0.1) is 0 Å². The second-order valence-corrected chi connectivity index (χ2v) is 6.82. The van der Waals surface area contributed by atoms with E-state index in [0.717, 1.165) is 38.8 Å². The maximum atomic E-state index is 13.0. The number of hydrogen-bond donors (Lipinski definition) is 0. The first kappa shape index (κ1) is 17.1. The molecular weight excluding hydrogens is 328 g/mol. The molecule has 2 aliphatic rings. The molecule has 0 saturated carbocycles. The molecule has 2 saturated heterocycles. The molecule has 0 N–H and O–H groups in total. The summed E-state index contributed by atoms with van der Waals surface area (Å²) in [5.41, 5.74) is 0.420. The van der Waals surface area contributed by atoms with Gasteiger partial charge in [-0.3, -0.25) is 9.59 Å². The summed E-state index contributed by atoms with van der Waals surface area (Å²) in [6, 6.07) is 4.63. The molecule has 0 aromatic heterocycles. The summed E-state index contributed by atoms with van der Waals surface area (Å²) in [6.07, 6.45) is 4.85. The summed E-state index contributed by atoms with van der Waals surface area (Å²) >= 11 is 6.04. The largest absolute Gasteiger partial charge is 0.496 e. The fourth-order valence-electron chi connectivity index (χ4n) is 3.59. The Morgan fingerprint density at radius 1 is 1.12 bits per heavy atom. The summed E-state index contributed by atoms with van der Waals surface area (Å²) < 4.78 is 5.29. The number of halogens is 1. The van der Waals surface area contributed by atoms with E-state index in [0.29, 0.717) is 22.9 Å². The van der Waals surface area contributed by atoms with Crippen LogP contribution in [-0.4, -0.2) is 54.4 Å². The predicted octanol–water partition coefficient (Wildman–Crippen LogP) is 2.97. The molecule has 0 unspecified atom stereocenters. The summed E-state index contributed by atoms with van der Waals surface area (Å²) in [6.45, 7) is 2.20. The van der Waals surface area contributed by atoms with E-state index in [9.17, 15) is 9.59 Å². The topological polar surface area (TPSA) is 49.9 Å². The molecule has 0 radical (unpaired) electrons. The number of amides is 2. The molecule has 2 aliphatic heterocycles. The van der Waals surface area contributed by atoms with Gasteiger partial charge < -0.3 is 14.5 Å². The van der Waals surface area contributed by atoms with E-state index in [1.165, 1.54) is 13.5 Å². The maximum absolute atomic E-state index is 13.0. The van der Waals surface area contributed by atoms with Crippen LogP contribution >= 0.6 is 11.6 Å². The number of ether oxygens (including phenoxy) is 1. The SMILES string of the molecule is COc1ccc(Cl)cc1C(=O)N1CCC[C@@H]1C(=O)N1CCCCC1. The van der Waals surface area contributed by atoms with Crippen molar-refractivity contribution in [3.63, 3.8) is 0 Å². The second-order valence-electron chi connectivity index (χ2n) is 6.39. The van der Waals surface area contributed by atoms with Gasteiger partial charge in [0.05, 0.1) is 12.7 Å². The van der Waals surface area contributed by atoms with E-state index < -0.39 is 0 Å². The summed E-state index contributed by atoms with van der Waals surface area (Å²) in [5, 5.41) is 0.484. The first-order chi connectivity index (χ1) is 11.6. The first-order valence-electron chi connectivity index (χ1n) is 8.55. The van der Waals surface area contributed by atoms with Crippen LogP contribution in [0.3, 0.4) is 0 Å². The number of nitrogens with zero attached hydrogens (tertiary/aromatic N) is 2. The molecule has 1 atom stereocenters. The fourth-order valence-corrected chi connectivity index (χ4v) is 3.77. The fraction of sp³-hybridized carbons (Fsp3) is 0.556. The van der Waals surface area contributed by atoms with Crippen LogP contribution in [0.4, 0.5) is 0 Å². The molecule has 24 heavy (non-hydrogen) atoms. The highest BCUT2D eigenvalue weighted by atomic mass is 35.5. The van der Waals surface area contributed by atoms with Crippen LogP contribution in [0.5, 0.6) is 5.75 Å². The van der Waals surface area contributed by atoms with Crippen LogP contribution in [0.25, 0.3) is 0 Å². The number of rotatable bonds is 3. The minimum absolute atomic E-state index is 0.0848. The third kappa shape index (κ3) is 3.36. The van der Waals surface area contributed by atoms with Crippen molar-refractivity contribution < 1.29 is 14.3 Å². The molecule has 5 nitrogen and oxygen atoms in total. The quantitative estimate of drug-likeness (QED) is 0.842. The molecule has 2 heterocycles. The Balaban J connectivity index is 1.81. The lowest BCUT2D eigenvalue weighted by molar-refractivity contribution is -0.136. The molecule has 0 bridgehead atoms. The number of likely N-dealkylation sites (tertiary alicyclic amines) is 2. The van der Waals surface area contributed by atoms with Crippen molar-refractivity contribution in [2.45, 2.75) is 38.1 Å². The van der Waals surface area contributed by atoms with Crippen LogP contribution in [0.2, 0.25) is 5.02 Å². The Labute approximate surface area is 147 Å². The van der Waals surface area contributed by atoms with E-state index >= 15 is 0 Å². The van der Waals surface area contributed by atoms with Crippen molar-refractivity contribution in [1.29, 1.82) is 0 Å². The molecule has 0 aliphatic carbocycles. The lowest BCUT2D eigenvalue weighted by Gasteiger charge is -2.32. The lowest BCUT2D eigenvalue weighted by atomic mass is 10.1. The summed E-state index contributed by atoms with van der Waals surface area (Å²) in [7, 11) is 1.53. The van der Waals surface area contributed by atoms with Gasteiger partial charge in [0.25, 0.3) is 5.91 Å². The number of carbonyl (C=O) groups excluding carboxylic acids is 2. The second kappa shape index (κ2) is 7.43. The Morgan fingerprint density at radius 2 is 1.88 bits per heavy atom. The molecule has 1 aromatic rings. The Bertz CT molecular complexity index is 629. The smallest absolute Gasteiger partial charge is 0.258 e. The Kier molecular flexibility index (Phi) is 5.29. The van der Waals surface area contributed by atoms with E-state index in [2.05, 4.69) is 0 Å². The third-order valence-electron chi connectivity index (χ3n) is 4.86. The summed E-state index contributed by atoms with van der Waals surface area (Å²) in [5.74, 6) is 0.393. The zero-order valence-corrected chi connectivity index (χ0v) is 14.7. The minimum Gasteiger partial charge on any atom is -0.496 e. The van der Waals surface area contributed by atoms with Crippen molar-refractivity contribution in [1.82, 2.24) is 9.80 Å². The summed E-state index contributed by atoms with van der Waals surface area (Å²) in [4.78, 5) is 29.4. The average molecular weight is 351 g/mol. The van der Waals surface area contributed by atoms with Crippen LogP contribution < -0.4 is 4.74 Å². The molecule has 0 spiro atoms. The number of methoxy groups -OCH3 is 1. The highest BCUT2D eigenvalue weighted by molar-refractivity contribution is 6.31. The van der Waals surface area contributed by atoms with Crippen molar-refractivity contribution in [3.8, 4) is 5.75 Å². The molecular formula is C18H23ClN2O3. The van der Waals surface area contributed by atoms with Gasteiger partial charge >= 0.3 is 0 Å². The first-order valence-corrected chi connectivity index (χ1v) is 8.93. The van der Waals surface area contributed by atoms with Crippen LogP contribution in [0.1, 0.15) is 42.5 Å². The molecule has 130 valence electrons. The zero-order valence-electron chi connectivity index (χ0n) is 14.0. The standard InChI is InChI=1S/C18H23ClN2O3/c1-24-16-8-7-13(19)12-14(16)17(22)21-11-5-6-15(21)18(23)20-9-3-2-4-10-20/h7-8,12,15H,2-6,9-11H2,1H3/t15-/m1/s1. The zero-order chi connectivity index (χ0) is 17.1. The number of piperidine rings is 1. The van der Waals surface area contributed by atoms with E-state index in [1.807, 2.05) is 4.90 Å². The molecule has 2 amide bonds. The molecule has 1 aromatic carbocycles. The maximum Gasteiger partial charge on any atom is 0.258 e. The normalized spacial score (nSPS) is 21.0. The highest BCUT2D eigenvalue weighted by Gasteiger charge is 2.37. The van der Waals surface area contributed by atoms with Crippen molar-refractivity contribution in [2.75, 3.05) is 26.7 Å². The van der Waals surface area contributed by atoms with Gasteiger partial charge in [0.2, 0.25) is 5.91 Å². The van der Waals surface area contributed by atoms with Crippen LogP contribution in [0.15, 0.2) is 18.2 Å². The van der Waals surface area contributed by atoms with Gasteiger partial charge in [-0.1, -0.05) is 11.6 Å². The van der Waals surface area contributed by atoms with Gasteiger partial charge in [0.15, 0.2) is 0 Å². The van der Waals surface area contributed by atoms with Crippen molar-refractivity contribution >= 4 is 23.4 Å². The van der Waals surface area contributed by atoms with E-state index in [4.69, 9.17) is 16.3 Å². The van der Waals surface area contributed by atoms with Crippen LogP contribution in [-0.2, 0) is 4.79 Å². The number of carbonyl (C=O) groups is 2. The van der Waals surface area contributed by atoms with E-state index in [1.54, 1.807) is 23.1 Å².